The summed E-state index contributed by atoms with van der Waals surface area (Å²) in [5, 5.41) is 6.04. The topological polar surface area (TPSA) is 71.8 Å². The number of amides is 1. The van der Waals surface area contributed by atoms with Gasteiger partial charge in [-0.05, 0) is 30.5 Å². The van der Waals surface area contributed by atoms with Gasteiger partial charge in [0, 0.05) is 37.9 Å². The highest BCUT2D eigenvalue weighted by Gasteiger charge is 2.20. The summed E-state index contributed by atoms with van der Waals surface area (Å²) in [4.78, 5) is 20.5. The van der Waals surface area contributed by atoms with E-state index in [0.29, 0.717) is 25.0 Å². The number of nitrogens with zero attached hydrogens (tertiary/aromatic N) is 3. The summed E-state index contributed by atoms with van der Waals surface area (Å²) in [5.41, 5.74) is 0. The highest BCUT2D eigenvalue weighted by atomic mass is 16.2. The molecule has 0 aliphatic rings. The number of hydrogen-bond acceptors (Lipinski definition) is 4. The Balaban J connectivity index is 1.81. The van der Waals surface area contributed by atoms with Crippen LogP contribution in [0.3, 0.4) is 0 Å². The molecule has 0 saturated carbocycles. The first-order valence-corrected chi connectivity index (χ1v) is 7.58. The summed E-state index contributed by atoms with van der Waals surface area (Å²) < 4.78 is 1.96. The van der Waals surface area contributed by atoms with Crippen molar-refractivity contribution in [3.63, 3.8) is 0 Å². The van der Waals surface area contributed by atoms with Crippen molar-refractivity contribution >= 4 is 11.9 Å². The summed E-state index contributed by atoms with van der Waals surface area (Å²) in [6.45, 7) is 5.37. The second kappa shape index (κ2) is 8.17. The molecule has 22 heavy (non-hydrogen) atoms. The van der Waals surface area contributed by atoms with Gasteiger partial charge in [-0.25, -0.2) is 9.97 Å². The summed E-state index contributed by atoms with van der Waals surface area (Å²) >= 11 is 0. The van der Waals surface area contributed by atoms with Crippen LogP contribution in [0.1, 0.15) is 26.3 Å². The highest BCUT2D eigenvalue weighted by molar-refractivity contribution is 5.80. The zero-order chi connectivity index (χ0) is 15.8. The van der Waals surface area contributed by atoms with Crippen LogP contribution >= 0.6 is 0 Å². The molecule has 1 unspecified atom stereocenters. The molecule has 2 aromatic rings. The van der Waals surface area contributed by atoms with Gasteiger partial charge in [-0.3, -0.25) is 4.79 Å². The van der Waals surface area contributed by atoms with E-state index >= 15 is 0 Å². The fourth-order valence-corrected chi connectivity index (χ4v) is 2.23. The zero-order valence-electron chi connectivity index (χ0n) is 13.1. The molecule has 1 atom stereocenters. The molecule has 118 valence electrons. The van der Waals surface area contributed by atoms with Crippen molar-refractivity contribution in [2.45, 2.75) is 26.3 Å². The lowest BCUT2D eigenvalue weighted by atomic mass is 10.0. The molecule has 2 N–H and O–H groups in total. The van der Waals surface area contributed by atoms with Crippen LogP contribution in [0.5, 0.6) is 0 Å². The molecule has 2 aromatic heterocycles. The Morgan fingerprint density at radius 3 is 2.45 bits per heavy atom. The van der Waals surface area contributed by atoms with E-state index in [0.717, 1.165) is 6.42 Å². The van der Waals surface area contributed by atoms with Gasteiger partial charge in [0.15, 0.2) is 0 Å². The molecule has 0 saturated heterocycles. The Hall–Kier alpha value is -2.37. The maximum Gasteiger partial charge on any atom is 0.243 e. The van der Waals surface area contributed by atoms with Gasteiger partial charge in [0.2, 0.25) is 11.9 Å². The number of carbonyl (C=O) groups is 1. The molecule has 0 aliphatic heterocycles. The molecule has 6 heteroatoms. The van der Waals surface area contributed by atoms with Crippen molar-refractivity contribution in [1.82, 2.24) is 19.9 Å². The van der Waals surface area contributed by atoms with Gasteiger partial charge >= 0.3 is 0 Å². The number of rotatable bonds is 8. The van der Waals surface area contributed by atoms with E-state index in [1.165, 1.54) is 0 Å². The zero-order valence-corrected chi connectivity index (χ0v) is 13.1. The molecule has 0 aromatic carbocycles. The van der Waals surface area contributed by atoms with E-state index < -0.39 is 0 Å². The summed E-state index contributed by atoms with van der Waals surface area (Å²) in [6, 6.07) is 5.48. The van der Waals surface area contributed by atoms with Gasteiger partial charge in [0.25, 0.3) is 0 Å². The summed E-state index contributed by atoms with van der Waals surface area (Å²) in [7, 11) is 0. The van der Waals surface area contributed by atoms with Gasteiger partial charge in [0.1, 0.15) is 6.04 Å². The Morgan fingerprint density at radius 2 is 1.82 bits per heavy atom. The van der Waals surface area contributed by atoms with Gasteiger partial charge in [-0.15, -0.1) is 0 Å². The largest absolute Gasteiger partial charge is 0.353 e. The van der Waals surface area contributed by atoms with Crippen molar-refractivity contribution in [1.29, 1.82) is 0 Å². The molecule has 0 spiro atoms. The van der Waals surface area contributed by atoms with E-state index in [1.807, 2.05) is 29.1 Å². The van der Waals surface area contributed by atoms with E-state index in [4.69, 9.17) is 0 Å². The number of hydrogen-bond donors (Lipinski definition) is 2. The Labute approximate surface area is 131 Å². The van der Waals surface area contributed by atoms with Crippen molar-refractivity contribution in [2.75, 3.05) is 18.4 Å². The molecular formula is C16H23N5O. The normalized spacial score (nSPS) is 12.1. The molecule has 2 heterocycles. The molecule has 0 bridgehead atoms. The lowest BCUT2D eigenvalue weighted by molar-refractivity contribution is -0.124. The monoisotopic (exact) mass is 301 g/mol. The maximum absolute atomic E-state index is 12.4. The fourth-order valence-electron chi connectivity index (χ4n) is 2.23. The van der Waals surface area contributed by atoms with Crippen LogP contribution in [0.2, 0.25) is 0 Å². The van der Waals surface area contributed by atoms with E-state index in [2.05, 4.69) is 34.4 Å². The van der Waals surface area contributed by atoms with Crippen LogP contribution < -0.4 is 10.6 Å². The van der Waals surface area contributed by atoms with Crippen LogP contribution in [-0.4, -0.2) is 33.5 Å². The van der Waals surface area contributed by atoms with Crippen molar-refractivity contribution in [2.24, 2.45) is 5.92 Å². The van der Waals surface area contributed by atoms with Crippen molar-refractivity contribution in [3.05, 3.63) is 43.0 Å². The second-order valence-corrected chi connectivity index (χ2v) is 5.57. The van der Waals surface area contributed by atoms with Gasteiger partial charge in [-0.2, -0.15) is 0 Å². The third kappa shape index (κ3) is 4.87. The standard InChI is InChI=1S/C16H23N5O/c1-13(2)12-14(21-10-3-4-11-21)15(22)17-8-9-20-16-18-6-5-7-19-16/h3-7,10-11,13-14H,8-9,12H2,1-2H3,(H,17,22)(H,18,19,20). The molecule has 0 radical (unpaired) electrons. The summed E-state index contributed by atoms with van der Waals surface area (Å²) in [6.07, 6.45) is 8.04. The average Bonchev–Trinajstić information content (AvgIpc) is 3.04. The Kier molecular flexibility index (Phi) is 5.94. The first-order chi connectivity index (χ1) is 10.7. The first kappa shape index (κ1) is 16.0. The predicted molar refractivity (Wildman–Crippen MR) is 86.5 cm³/mol. The average molecular weight is 301 g/mol. The minimum Gasteiger partial charge on any atom is -0.353 e. The van der Waals surface area contributed by atoms with Crippen LogP contribution in [0.15, 0.2) is 43.0 Å². The van der Waals surface area contributed by atoms with Crippen LogP contribution in [0.4, 0.5) is 5.95 Å². The van der Waals surface area contributed by atoms with Crippen molar-refractivity contribution in [3.8, 4) is 0 Å². The van der Waals surface area contributed by atoms with Crippen LogP contribution in [-0.2, 0) is 4.79 Å². The lowest BCUT2D eigenvalue weighted by Gasteiger charge is -2.20. The molecular weight excluding hydrogens is 278 g/mol. The summed E-state index contributed by atoms with van der Waals surface area (Å²) in [5.74, 6) is 1.07. The fraction of sp³-hybridized carbons (Fsp3) is 0.438. The number of aromatic nitrogens is 3. The number of nitrogens with one attached hydrogen (secondary N) is 2. The molecule has 1 amide bonds. The predicted octanol–water partition coefficient (Wildman–Crippen LogP) is 2.09. The van der Waals surface area contributed by atoms with Crippen LogP contribution in [0, 0.1) is 5.92 Å². The first-order valence-electron chi connectivity index (χ1n) is 7.58. The Bertz CT molecular complexity index is 553. The molecule has 2 rings (SSSR count). The third-order valence-corrected chi connectivity index (χ3v) is 3.26. The van der Waals surface area contributed by atoms with E-state index in [1.54, 1.807) is 18.5 Å². The SMILES string of the molecule is CC(C)CC(C(=O)NCCNc1ncccn1)n1cccc1. The molecule has 0 aliphatic carbocycles. The van der Waals surface area contributed by atoms with Gasteiger partial charge < -0.3 is 15.2 Å². The van der Waals surface area contributed by atoms with E-state index in [9.17, 15) is 4.79 Å². The van der Waals surface area contributed by atoms with Gasteiger partial charge in [-0.1, -0.05) is 13.8 Å². The molecule has 6 nitrogen and oxygen atoms in total. The molecule has 0 fully saturated rings. The Morgan fingerprint density at radius 1 is 1.14 bits per heavy atom. The van der Waals surface area contributed by atoms with Crippen molar-refractivity contribution < 1.29 is 4.79 Å². The number of carbonyl (C=O) groups excluding carboxylic acids is 1. The maximum atomic E-state index is 12.4. The number of anilines is 1. The third-order valence-electron chi connectivity index (χ3n) is 3.26. The van der Waals surface area contributed by atoms with Crippen LogP contribution in [0.25, 0.3) is 0 Å². The second-order valence-electron chi connectivity index (χ2n) is 5.57. The minimum atomic E-state index is -0.164. The highest BCUT2D eigenvalue weighted by Crippen LogP contribution is 2.17. The lowest BCUT2D eigenvalue weighted by Crippen LogP contribution is -2.35. The van der Waals surface area contributed by atoms with Gasteiger partial charge in [0.05, 0.1) is 0 Å². The minimum absolute atomic E-state index is 0.0423. The van der Waals surface area contributed by atoms with E-state index in [-0.39, 0.29) is 11.9 Å². The quantitative estimate of drug-likeness (QED) is 0.732. The smallest absolute Gasteiger partial charge is 0.243 e.